The molecule has 1 rings (SSSR count). The van der Waals surface area contributed by atoms with Gasteiger partial charge in [0.25, 0.3) is 5.91 Å². The van der Waals surface area contributed by atoms with Gasteiger partial charge in [-0.3, -0.25) is 9.59 Å². The minimum atomic E-state index is -0.705. The highest BCUT2D eigenvalue weighted by Crippen LogP contribution is 2.27. The van der Waals surface area contributed by atoms with Crippen LogP contribution in [0.3, 0.4) is 0 Å². The van der Waals surface area contributed by atoms with E-state index in [2.05, 4.69) is 0 Å². The van der Waals surface area contributed by atoms with Crippen LogP contribution in [0.2, 0.25) is 0 Å². The summed E-state index contributed by atoms with van der Waals surface area (Å²) in [5, 5.41) is 10.8. The molecular formula is C10H9N3O2S2. The van der Waals surface area contributed by atoms with Crippen LogP contribution in [0.4, 0.5) is 0 Å². The molecule has 0 aromatic heterocycles. The lowest BCUT2D eigenvalue weighted by Crippen LogP contribution is -2.21. The third-order valence-electron chi connectivity index (χ3n) is 1.88. The average molecular weight is 267 g/mol. The van der Waals surface area contributed by atoms with Gasteiger partial charge in [-0.1, -0.05) is 6.07 Å². The van der Waals surface area contributed by atoms with E-state index in [0.29, 0.717) is 9.98 Å². The maximum Gasteiger partial charge on any atom is 0.250 e. The van der Waals surface area contributed by atoms with Crippen LogP contribution >= 0.6 is 23.5 Å². The second-order valence-electron chi connectivity index (χ2n) is 2.91. The molecule has 0 radical (unpaired) electrons. The van der Waals surface area contributed by atoms with Crippen LogP contribution in [0.1, 0.15) is 20.7 Å². The molecule has 1 aromatic carbocycles. The van der Waals surface area contributed by atoms with Gasteiger partial charge >= 0.3 is 0 Å². The van der Waals surface area contributed by atoms with Gasteiger partial charge in [-0.05, 0) is 23.9 Å². The predicted octanol–water partition coefficient (Wildman–Crippen LogP) is 1.15. The highest BCUT2D eigenvalue weighted by Gasteiger charge is 2.17. The highest BCUT2D eigenvalue weighted by atomic mass is 32.2. The fraction of sp³-hybridized carbons (Fsp3) is 0.100. The van der Waals surface area contributed by atoms with Crippen LogP contribution in [0.25, 0.3) is 0 Å². The van der Waals surface area contributed by atoms with Crippen molar-refractivity contribution >= 4 is 35.3 Å². The molecule has 17 heavy (non-hydrogen) atoms. The van der Waals surface area contributed by atoms with Crippen molar-refractivity contribution < 1.29 is 9.59 Å². The summed E-state index contributed by atoms with van der Waals surface area (Å²) in [4.78, 5) is 23.0. The maximum absolute atomic E-state index is 11.3. The van der Waals surface area contributed by atoms with Crippen molar-refractivity contribution in [2.75, 3.05) is 5.08 Å². The molecule has 0 saturated carbocycles. The summed E-state index contributed by atoms with van der Waals surface area (Å²) >= 11 is 2.30. The minimum absolute atomic E-state index is 0.101. The Morgan fingerprint density at radius 1 is 1.29 bits per heavy atom. The number of carbonyl (C=O) groups is 2. The summed E-state index contributed by atoms with van der Waals surface area (Å²) in [6.07, 6.45) is 0. The number of rotatable bonds is 5. The summed E-state index contributed by atoms with van der Waals surface area (Å²) in [5.41, 5.74) is 10.6. The fourth-order valence-corrected chi connectivity index (χ4v) is 2.71. The Morgan fingerprint density at radius 3 is 2.53 bits per heavy atom. The van der Waals surface area contributed by atoms with Crippen molar-refractivity contribution in [2.45, 2.75) is 4.90 Å². The topological polar surface area (TPSA) is 110 Å². The summed E-state index contributed by atoms with van der Waals surface area (Å²) in [6, 6.07) is 4.73. The maximum atomic E-state index is 11.3. The third kappa shape index (κ3) is 3.41. The lowest BCUT2D eigenvalue weighted by atomic mass is 10.1. The average Bonchev–Trinajstić information content (AvgIpc) is 2.28. The van der Waals surface area contributed by atoms with Gasteiger partial charge in [0.1, 0.15) is 5.40 Å². The quantitative estimate of drug-likeness (QED) is 0.360. The standard InChI is InChI=1S/C10H9N3O2S2/c11-4-16-5-17-7-3-1-2-6(9(12)14)8(7)10(13)15/h1-3H,5H2,(H2,12,14)(H2,13,15). The van der Waals surface area contributed by atoms with Gasteiger partial charge in [0.05, 0.1) is 16.2 Å². The minimum Gasteiger partial charge on any atom is -0.366 e. The van der Waals surface area contributed by atoms with Gasteiger partial charge < -0.3 is 11.5 Å². The van der Waals surface area contributed by atoms with Crippen LogP contribution in [-0.4, -0.2) is 16.9 Å². The number of nitrogens with zero attached hydrogens (tertiary/aromatic N) is 1. The molecule has 7 heteroatoms. The number of primary amides is 2. The van der Waals surface area contributed by atoms with Crippen LogP contribution in [0.15, 0.2) is 23.1 Å². The molecule has 0 atom stereocenters. The first kappa shape index (κ1) is 13.4. The largest absolute Gasteiger partial charge is 0.366 e. The molecule has 0 saturated heterocycles. The number of thioether (sulfide) groups is 2. The Morgan fingerprint density at radius 2 is 2.00 bits per heavy atom. The van der Waals surface area contributed by atoms with Gasteiger partial charge in [-0.15, -0.1) is 11.8 Å². The molecule has 0 aliphatic rings. The molecule has 0 aliphatic carbocycles. The van der Waals surface area contributed by atoms with Gasteiger partial charge in [0.15, 0.2) is 0 Å². The molecule has 0 aliphatic heterocycles. The number of nitriles is 1. The monoisotopic (exact) mass is 267 g/mol. The van der Waals surface area contributed by atoms with E-state index in [9.17, 15) is 9.59 Å². The Balaban J connectivity index is 3.12. The Hall–Kier alpha value is -1.65. The Kier molecular flexibility index (Phi) is 4.87. The van der Waals surface area contributed by atoms with Crippen molar-refractivity contribution in [3.05, 3.63) is 29.3 Å². The number of amides is 2. The molecule has 1 aromatic rings. The van der Waals surface area contributed by atoms with E-state index in [4.69, 9.17) is 16.7 Å². The second kappa shape index (κ2) is 6.18. The first-order chi connectivity index (χ1) is 8.07. The van der Waals surface area contributed by atoms with Crippen molar-refractivity contribution in [3.63, 3.8) is 0 Å². The lowest BCUT2D eigenvalue weighted by Gasteiger charge is -2.08. The van der Waals surface area contributed by atoms with Crippen LogP contribution in [0.5, 0.6) is 0 Å². The van der Waals surface area contributed by atoms with Gasteiger partial charge in [-0.2, -0.15) is 5.26 Å². The molecule has 5 nitrogen and oxygen atoms in total. The fourth-order valence-electron chi connectivity index (χ4n) is 1.23. The number of hydrogen-bond donors (Lipinski definition) is 2. The molecule has 0 heterocycles. The van der Waals surface area contributed by atoms with E-state index in [1.54, 1.807) is 12.1 Å². The Bertz CT molecular complexity index is 497. The van der Waals surface area contributed by atoms with Gasteiger partial charge in [-0.25, -0.2) is 0 Å². The first-order valence-electron chi connectivity index (χ1n) is 4.44. The summed E-state index contributed by atoms with van der Waals surface area (Å²) in [7, 11) is 0. The number of thiocyanates is 1. The molecule has 0 unspecified atom stereocenters. The molecule has 0 fully saturated rings. The summed E-state index contributed by atoms with van der Waals surface area (Å²) in [5.74, 6) is -1.40. The number of benzene rings is 1. The zero-order chi connectivity index (χ0) is 12.8. The molecular weight excluding hydrogens is 258 g/mol. The van der Waals surface area contributed by atoms with Crippen LogP contribution in [-0.2, 0) is 0 Å². The zero-order valence-electron chi connectivity index (χ0n) is 8.67. The van der Waals surface area contributed by atoms with E-state index in [1.165, 1.54) is 17.8 Å². The molecule has 2 amide bonds. The lowest BCUT2D eigenvalue weighted by molar-refractivity contribution is 0.0965. The van der Waals surface area contributed by atoms with Crippen molar-refractivity contribution in [3.8, 4) is 5.40 Å². The molecule has 4 N–H and O–H groups in total. The van der Waals surface area contributed by atoms with Crippen molar-refractivity contribution in [1.29, 1.82) is 5.26 Å². The molecule has 0 bridgehead atoms. The van der Waals surface area contributed by atoms with Gasteiger partial charge in [0.2, 0.25) is 5.91 Å². The van der Waals surface area contributed by atoms with Crippen LogP contribution < -0.4 is 11.5 Å². The first-order valence-corrected chi connectivity index (χ1v) is 6.41. The van der Waals surface area contributed by atoms with E-state index >= 15 is 0 Å². The van der Waals surface area contributed by atoms with E-state index in [0.717, 1.165) is 11.8 Å². The number of hydrogen-bond acceptors (Lipinski definition) is 5. The van der Waals surface area contributed by atoms with E-state index < -0.39 is 11.8 Å². The van der Waals surface area contributed by atoms with Gasteiger partial charge in [0, 0.05) is 4.90 Å². The smallest absolute Gasteiger partial charge is 0.250 e. The highest BCUT2D eigenvalue weighted by molar-refractivity contribution is 8.18. The number of carbonyl (C=O) groups excluding carboxylic acids is 2. The normalized spacial score (nSPS) is 9.59. The number of nitrogens with two attached hydrogens (primary N) is 2. The van der Waals surface area contributed by atoms with Crippen molar-refractivity contribution in [1.82, 2.24) is 0 Å². The second-order valence-corrected chi connectivity index (χ2v) is 5.05. The third-order valence-corrected chi connectivity index (χ3v) is 3.60. The summed E-state index contributed by atoms with van der Waals surface area (Å²) in [6.45, 7) is 0. The summed E-state index contributed by atoms with van der Waals surface area (Å²) < 4.78 is 0. The SMILES string of the molecule is N#CSCSc1cccc(C(N)=O)c1C(N)=O. The Labute approximate surface area is 107 Å². The van der Waals surface area contributed by atoms with E-state index in [1.807, 2.05) is 5.40 Å². The molecule has 88 valence electrons. The zero-order valence-corrected chi connectivity index (χ0v) is 10.3. The van der Waals surface area contributed by atoms with Crippen LogP contribution in [0, 0.1) is 10.7 Å². The van der Waals surface area contributed by atoms with Crippen molar-refractivity contribution in [2.24, 2.45) is 11.5 Å². The molecule has 0 spiro atoms. The van der Waals surface area contributed by atoms with E-state index in [-0.39, 0.29) is 11.1 Å². The predicted molar refractivity (Wildman–Crippen MR) is 67.4 cm³/mol.